The summed E-state index contributed by atoms with van der Waals surface area (Å²) in [6.07, 6.45) is 6.54. The summed E-state index contributed by atoms with van der Waals surface area (Å²) in [6.45, 7) is 4.56. The van der Waals surface area contributed by atoms with Gasteiger partial charge in [0.25, 0.3) is 0 Å². The molecule has 0 N–H and O–H groups in total. The van der Waals surface area contributed by atoms with Crippen molar-refractivity contribution in [3.8, 4) is 0 Å². The number of benzene rings is 1. The lowest BCUT2D eigenvalue weighted by atomic mass is 9.90. The molecule has 2 heteroatoms. The summed E-state index contributed by atoms with van der Waals surface area (Å²) in [5.41, 5.74) is 4.59. The smallest absolute Gasteiger partial charge is 0.0812 e. The number of aromatic nitrogens is 1. The van der Waals surface area contributed by atoms with Crippen molar-refractivity contribution in [1.82, 2.24) is 4.98 Å². The van der Waals surface area contributed by atoms with Gasteiger partial charge in [0, 0.05) is 0 Å². The monoisotopic (exact) mass is 247 g/mol. The zero-order valence-electron chi connectivity index (χ0n) is 10.8. The van der Waals surface area contributed by atoms with Crippen LogP contribution in [0, 0.1) is 0 Å². The van der Waals surface area contributed by atoms with Crippen LogP contribution in [0.2, 0.25) is 0 Å². The molecule has 1 nitrogen and oxygen atoms in total. The van der Waals surface area contributed by atoms with Gasteiger partial charge in [-0.3, -0.25) is 0 Å². The van der Waals surface area contributed by atoms with Crippen LogP contribution >= 0.6 is 11.3 Å². The Bertz CT molecular complexity index is 461. The van der Waals surface area contributed by atoms with E-state index in [1.165, 1.54) is 42.4 Å². The van der Waals surface area contributed by atoms with Crippen molar-refractivity contribution in [1.29, 1.82) is 0 Å². The molecule has 0 bridgehead atoms. The zero-order valence-corrected chi connectivity index (χ0v) is 11.6. The number of hydrogen-bond donors (Lipinski definition) is 0. The molecule has 0 aliphatic rings. The lowest BCUT2D eigenvalue weighted by molar-refractivity contribution is 0.541. The molecule has 0 fully saturated rings. The molecule has 1 aromatic carbocycles. The normalized spacial score (nSPS) is 13.1. The van der Waals surface area contributed by atoms with Crippen LogP contribution in [-0.2, 0) is 0 Å². The Balaban J connectivity index is 2.20. The van der Waals surface area contributed by atoms with Crippen molar-refractivity contribution in [2.75, 3.05) is 0 Å². The van der Waals surface area contributed by atoms with Crippen molar-refractivity contribution in [3.05, 3.63) is 29.3 Å². The van der Waals surface area contributed by atoms with Gasteiger partial charge in [-0.2, -0.15) is 0 Å². The molecule has 1 aromatic heterocycles. The van der Waals surface area contributed by atoms with Crippen LogP contribution < -0.4 is 0 Å². The van der Waals surface area contributed by atoms with Crippen molar-refractivity contribution in [2.24, 2.45) is 0 Å². The minimum absolute atomic E-state index is 0.742. The predicted molar refractivity (Wildman–Crippen MR) is 76.8 cm³/mol. The topological polar surface area (TPSA) is 12.9 Å². The van der Waals surface area contributed by atoms with Crippen molar-refractivity contribution in [3.63, 3.8) is 0 Å². The molecule has 0 saturated carbocycles. The van der Waals surface area contributed by atoms with E-state index < -0.39 is 0 Å². The maximum atomic E-state index is 4.35. The number of rotatable bonds is 6. The molecular formula is C15H21NS. The minimum atomic E-state index is 0.742. The summed E-state index contributed by atoms with van der Waals surface area (Å²) >= 11 is 1.75. The Labute approximate surface area is 108 Å². The number of fused-ring (bicyclic) bond motifs is 1. The number of hydrogen-bond acceptors (Lipinski definition) is 2. The maximum Gasteiger partial charge on any atom is 0.0812 e. The van der Waals surface area contributed by atoms with Crippen LogP contribution in [0.1, 0.15) is 57.4 Å². The Morgan fingerprint density at radius 2 is 2.06 bits per heavy atom. The van der Waals surface area contributed by atoms with E-state index in [9.17, 15) is 0 Å². The SMILES string of the molecule is CCCCC(CCC)c1ccc2ncsc2c1. The first-order valence-electron chi connectivity index (χ1n) is 6.68. The molecule has 0 spiro atoms. The summed E-state index contributed by atoms with van der Waals surface area (Å²) in [6, 6.07) is 6.80. The minimum Gasteiger partial charge on any atom is -0.245 e. The van der Waals surface area contributed by atoms with Crippen LogP contribution in [0.5, 0.6) is 0 Å². The summed E-state index contributed by atoms with van der Waals surface area (Å²) in [5, 5.41) is 0. The van der Waals surface area contributed by atoms with E-state index in [-0.39, 0.29) is 0 Å². The first kappa shape index (κ1) is 12.6. The van der Waals surface area contributed by atoms with Gasteiger partial charge in [-0.15, -0.1) is 11.3 Å². The number of unbranched alkanes of at least 4 members (excludes halogenated alkanes) is 1. The average Bonchev–Trinajstić information content (AvgIpc) is 2.81. The second kappa shape index (κ2) is 6.15. The maximum absolute atomic E-state index is 4.35. The van der Waals surface area contributed by atoms with E-state index in [2.05, 4.69) is 37.0 Å². The van der Waals surface area contributed by atoms with Crippen LogP contribution in [-0.4, -0.2) is 4.98 Å². The van der Waals surface area contributed by atoms with E-state index in [0.717, 1.165) is 11.4 Å². The van der Waals surface area contributed by atoms with Crippen molar-refractivity contribution >= 4 is 21.6 Å². The second-order valence-corrected chi connectivity index (χ2v) is 5.59. The van der Waals surface area contributed by atoms with Crippen LogP contribution in [0.25, 0.3) is 10.2 Å². The Morgan fingerprint density at radius 3 is 2.82 bits per heavy atom. The molecule has 92 valence electrons. The van der Waals surface area contributed by atoms with Crippen molar-refractivity contribution in [2.45, 2.75) is 51.9 Å². The third-order valence-corrected chi connectivity index (χ3v) is 4.16. The Kier molecular flexibility index (Phi) is 4.55. The number of thiazole rings is 1. The number of nitrogens with zero attached hydrogens (tertiary/aromatic N) is 1. The fourth-order valence-corrected chi connectivity index (χ4v) is 3.13. The van der Waals surface area contributed by atoms with E-state index in [1.807, 2.05) is 5.51 Å². The first-order valence-corrected chi connectivity index (χ1v) is 7.56. The summed E-state index contributed by atoms with van der Waals surface area (Å²) in [7, 11) is 0. The van der Waals surface area contributed by atoms with E-state index in [4.69, 9.17) is 0 Å². The fourth-order valence-electron chi connectivity index (χ4n) is 2.40. The molecule has 2 rings (SSSR count). The van der Waals surface area contributed by atoms with E-state index in [1.54, 1.807) is 11.3 Å². The highest BCUT2D eigenvalue weighted by molar-refractivity contribution is 7.16. The van der Waals surface area contributed by atoms with E-state index in [0.29, 0.717) is 0 Å². The van der Waals surface area contributed by atoms with Crippen LogP contribution in [0.3, 0.4) is 0 Å². The van der Waals surface area contributed by atoms with Gasteiger partial charge in [-0.1, -0.05) is 39.2 Å². The van der Waals surface area contributed by atoms with Gasteiger partial charge in [0.1, 0.15) is 0 Å². The second-order valence-electron chi connectivity index (χ2n) is 4.71. The molecule has 1 unspecified atom stereocenters. The summed E-state index contributed by atoms with van der Waals surface area (Å²) < 4.78 is 1.33. The van der Waals surface area contributed by atoms with Gasteiger partial charge in [0.2, 0.25) is 0 Å². The third kappa shape index (κ3) is 3.06. The molecule has 1 atom stereocenters. The lowest BCUT2D eigenvalue weighted by Crippen LogP contribution is -1.98. The van der Waals surface area contributed by atoms with Gasteiger partial charge in [0.05, 0.1) is 15.7 Å². The van der Waals surface area contributed by atoms with Crippen LogP contribution in [0.15, 0.2) is 23.7 Å². The largest absolute Gasteiger partial charge is 0.245 e. The zero-order chi connectivity index (χ0) is 12.1. The molecule has 0 radical (unpaired) electrons. The van der Waals surface area contributed by atoms with Gasteiger partial charge in [0.15, 0.2) is 0 Å². The molecule has 2 aromatic rings. The Hall–Kier alpha value is -0.890. The first-order chi connectivity index (χ1) is 8.35. The highest BCUT2D eigenvalue weighted by Gasteiger charge is 2.11. The molecule has 17 heavy (non-hydrogen) atoms. The van der Waals surface area contributed by atoms with Gasteiger partial charge >= 0.3 is 0 Å². The van der Waals surface area contributed by atoms with Gasteiger partial charge < -0.3 is 0 Å². The average molecular weight is 247 g/mol. The molecule has 1 heterocycles. The highest BCUT2D eigenvalue weighted by atomic mass is 32.1. The van der Waals surface area contributed by atoms with E-state index >= 15 is 0 Å². The molecule has 0 aliphatic heterocycles. The molecular weight excluding hydrogens is 226 g/mol. The lowest BCUT2D eigenvalue weighted by Gasteiger charge is -2.16. The molecule has 0 saturated heterocycles. The van der Waals surface area contributed by atoms with Crippen molar-refractivity contribution < 1.29 is 0 Å². The molecule has 0 aliphatic carbocycles. The Morgan fingerprint density at radius 1 is 1.18 bits per heavy atom. The fraction of sp³-hybridized carbons (Fsp3) is 0.533. The summed E-state index contributed by atoms with van der Waals surface area (Å²) in [4.78, 5) is 4.35. The molecule has 0 amide bonds. The quantitative estimate of drug-likeness (QED) is 0.668. The third-order valence-electron chi connectivity index (χ3n) is 3.37. The van der Waals surface area contributed by atoms with Crippen LogP contribution in [0.4, 0.5) is 0 Å². The van der Waals surface area contributed by atoms with Gasteiger partial charge in [-0.05, 0) is 36.5 Å². The standard InChI is InChI=1S/C15H21NS/c1-3-5-7-12(6-4-2)13-8-9-14-15(10-13)17-11-16-14/h8-12H,3-7H2,1-2H3. The highest BCUT2D eigenvalue weighted by Crippen LogP contribution is 2.30. The van der Waals surface area contributed by atoms with Gasteiger partial charge in [-0.25, -0.2) is 4.98 Å². The predicted octanol–water partition coefficient (Wildman–Crippen LogP) is 5.37. The summed E-state index contributed by atoms with van der Waals surface area (Å²) in [5.74, 6) is 0.742.